The van der Waals surface area contributed by atoms with Crippen LogP contribution >= 0.6 is 11.6 Å². The number of hydrogen-bond donors (Lipinski definition) is 1. The molecule has 0 aliphatic carbocycles. The van der Waals surface area contributed by atoms with Crippen molar-refractivity contribution in [2.45, 2.75) is 25.4 Å². The predicted octanol–water partition coefficient (Wildman–Crippen LogP) is 1.50. The highest BCUT2D eigenvalue weighted by atomic mass is 35.5. The molecule has 120 valence electrons. The van der Waals surface area contributed by atoms with E-state index in [0.29, 0.717) is 5.02 Å². The summed E-state index contributed by atoms with van der Waals surface area (Å²) in [6.07, 6.45) is 6.69. The molecule has 1 N–H and O–H groups in total. The average molecular weight is 343 g/mol. The Balaban J connectivity index is 1.60. The molecular weight excluding hydrogens is 324 g/mol. The van der Waals surface area contributed by atoms with Gasteiger partial charge in [-0.3, -0.25) is 4.90 Å². The van der Waals surface area contributed by atoms with Crippen LogP contribution in [0.5, 0.6) is 0 Å². The second-order valence-corrected chi connectivity index (χ2v) is 8.00. The zero-order chi connectivity index (χ0) is 15.7. The molecule has 3 rings (SSSR count). The summed E-state index contributed by atoms with van der Waals surface area (Å²) in [7, 11) is -3.12. The molecule has 0 unspecified atom stereocenters. The highest BCUT2D eigenvalue weighted by Crippen LogP contribution is 2.16. The van der Waals surface area contributed by atoms with E-state index in [0.717, 1.165) is 43.8 Å². The van der Waals surface area contributed by atoms with Gasteiger partial charge in [0.2, 0.25) is 10.0 Å². The normalized spacial score (nSPS) is 18.1. The van der Waals surface area contributed by atoms with Gasteiger partial charge in [0.25, 0.3) is 0 Å². The second kappa shape index (κ2) is 6.16. The zero-order valence-electron chi connectivity index (χ0n) is 12.4. The van der Waals surface area contributed by atoms with E-state index in [9.17, 15) is 8.42 Å². The van der Waals surface area contributed by atoms with E-state index >= 15 is 0 Å². The van der Waals surface area contributed by atoms with Crippen LogP contribution in [0.3, 0.4) is 0 Å². The Morgan fingerprint density at radius 2 is 2.05 bits per heavy atom. The van der Waals surface area contributed by atoms with Crippen LogP contribution in [-0.4, -0.2) is 48.1 Å². The summed E-state index contributed by atoms with van der Waals surface area (Å²) in [6, 6.07) is 3.77. The first-order valence-corrected chi connectivity index (χ1v) is 9.49. The van der Waals surface area contributed by atoms with Crippen molar-refractivity contribution >= 4 is 27.3 Å². The van der Waals surface area contributed by atoms with E-state index < -0.39 is 10.0 Å². The van der Waals surface area contributed by atoms with Crippen LogP contribution < -0.4 is 4.72 Å². The third kappa shape index (κ3) is 3.98. The lowest BCUT2D eigenvalue weighted by Crippen LogP contribution is -2.43. The molecule has 0 saturated carbocycles. The molecule has 0 amide bonds. The molecule has 1 saturated heterocycles. The molecule has 1 aliphatic rings. The van der Waals surface area contributed by atoms with E-state index in [1.807, 2.05) is 28.9 Å². The summed E-state index contributed by atoms with van der Waals surface area (Å²) in [6.45, 7) is 2.49. The van der Waals surface area contributed by atoms with Crippen molar-refractivity contribution in [2.24, 2.45) is 0 Å². The van der Waals surface area contributed by atoms with Crippen molar-refractivity contribution in [3.63, 3.8) is 0 Å². The van der Waals surface area contributed by atoms with E-state index in [-0.39, 0.29) is 6.04 Å². The molecule has 22 heavy (non-hydrogen) atoms. The van der Waals surface area contributed by atoms with E-state index in [1.54, 1.807) is 0 Å². The molecule has 2 aromatic rings. The molecule has 0 radical (unpaired) electrons. The van der Waals surface area contributed by atoms with Gasteiger partial charge < -0.3 is 4.40 Å². The molecular formula is C14H19ClN4O2S. The topological polar surface area (TPSA) is 66.7 Å². The van der Waals surface area contributed by atoms with Gasteiger partial charge in [0.1, 0.15) is 5.65 Å². The number of piperidine rings is 1. The lowest BCUT2D eigenvalue weighted by molar-refractivity contribution is 0.198. The number of imidazole rings is 1. The number of hydrogen-bond acceptors (Lipinski definition) is 4. The fourth-order valence-corrected chi connectivity index (χ4v) is 3.84. The van der Waals surface area contributed by atoms with Crippen molar-refractivity contribution in [1.82, 2.24) is 19.0 Å². The minimum atomic E-state index is -3.12. The third-order valence-electron chi connectivity index (χ3n) is 3.82. The van der Waals surface area contributed by atoms with E-state index in [4.69, 9.17) is 11.6 Å². The Morgan fingerprint density at radius 3 is 2.73 bits per heavy atom. The second-order valence-electron chi connectivity index (χ2n) is 5.79. The number of nitrogens with zero attached hydrogens (tertiary/aromatic N) is 3. The van der Waals surface area contributed by atoms with Crippen LogP contribution in [0.1, 0.15) is 18.5 Å². The van der Waals surface area contributed by atoms with E-state index in [1.165, 1.54) is 6.26 Å². The summed E-state index contributed by atoms with van der Waals surface area (Å²) < 4.78 is 27.1. The molecule has 2 aromatic heterocycles. The van der Waals surface area contributed by atoms with Crippen LogP contribution in [-0.2, 0) is 16.6 Å². The summed E-state index contributed by atoms with van der Waals surface area (Å²) in [5.41, 5.74) is 1.88. The first-order chi connectivity index (χ1) is 10.4. The molecule has 1 fully saturated rings. The lowest BCUT2D eigenvalue weighted by Gasteiger charge is -2.31. The van der Waals surface area contributed by atoms with Crippen molar-refractivity contribution in [2.75, 3.05) is 19.3 Å². The largest absolute Gasteiger partial charge is 0.305 e. The Bertz CT molecular complexity index is 766. The number of rotatable bonds is 4. The molecule has 8 heteroatoms. The standard InChI is InChI=1S/C14H19ClN4O2S/c1-22(20,21)17-12-4-6-18(7-5-12)9-13-10-19-8-11(15)2-3-14(19)16-13/h2-3,8,10,12,17H,4-7,9H2,1H3. The van der Waals surface area contributed by atoms with Crippen LogP contribution in [0.4, 0.5) is 0 Å². The highest BCUT2D eigenvalue weighted by Gasteiger charge is 2.22. The minimum absolute atomic E-state index is 0.0473. The maximum Gasteiger partial charge on any atom is 0.208 e. The Kier molecular flexibility index (Phi) is 4.40. The van der Waals surface area contributed by atoms with Gasteiger partial charge in [0.05, 0.1) is 17.0 Å². The Labute approximate surface area is 135 Å². The van der Waals surface area contributed by atoms with Gasteiger partial charge in [-0.25, -0.2) is 18.1 Å². The van der Waals surface area contributed by atoms with Crippen LogP contribution in [0, 0.1) is 0 Å². The van der Waals surface area contributed by atoms with Gasteiger partial charge in [-0.1, -0.05) is 11.6 Å². The summed E-state index contributed by atoms with van der Waals surface area (Å²) in [5, 5.41) is 0.684. The number of sulfonamides is 1. The van der Waals surface area contributed by atoms with E-state index in [2.05, 4.69) is 14.6 Å². The maximum atomic E-state index is 11.3. The number of likely N-dealkylation sites (tertiary alicyclic amines) is 1. The molecule has 6 nitrogen and oxygen atoms in total. The van der Waals surface area contributed by atoms with Crippen LogP contribution in [0.15, 0.2) is 24.5 Å². The average Bonchev–Trinajstić information content (AvgIpc) is 2.80. The fourth-order valence-electron chi connectivity index (χ4n) is 2.83. The smallest absolute Gasteiger partial charge is 0.208 e. The minimum Gasteiger partial charge on any atom is -0.305 e. The molecule has 3 heterocycles. The summed E-state index contributed by atoms with van der Waals surface area (Å²) >= 11 is 5.97. The SMILES string of the molecule is CS(=O)(=O)NC1CCN(Cc2cn3cc(Cl)ccc3n2)CC1. The first-order valence-electron chi connectivity index (χ1n) is 7.22. The van der Waals surface area contributed by atoms with Crippen LogP contribution in [0.2, 0.25) is 5.02 Å². The van der Waals surface area contributed by atoms with Gasteiger partial charge in [0, 0.05) is 38.1 Å². The predicted molar refractivity (Wildman–Crippen MR) is 86.5 cm³/mol. The lowest BCUT2D eigenvalue weighted by atomic mass is 10.1. The quantitative estimate of drug-likeness (QED) is 0.914. The monoisotopic (exact) mass is 342 g/mol. The molecule has 0 spiro atoms. The van der Waals surface area contributed by atoms with Gasteiger partial charge in [0.15, 0.2) is 0 Å². The Hall–Kier alpha value is -1.15. The van der Waals surface area contributed by atoms with Crippen molar-refractivity contribution < 1.29 is 8.42 Å². The summed E-state index contributed by atoms with van der Waals surface area (Å²) in [4.78, 5) is 6.87. The number of nitrogens with one attached hydrogen (secondary N) is 1. The summed E-state index contributed by atoms with van der Waals surface area (Å²) in [5.74, 6) is 0. The van der Waals surface area contributed by atoms with Crippen molar-refractivity contribution in [3.05, 3.63) is 35.2 Å². The zero-order valence-corrected chi connectivity index (χ0v) is 13.9. The number of aromatic nitrogens is 2. The van der Waals surface area contributed by atoms with Crippen molar-refractivity contribution in [1.29, 1.82) is 0 Å². The third-order valence-corrected chi connectivity index (χ3v) is 4.80. The molecule has 0 bridgehead atoms. The highest BCUT2D eigenvalue weighted by molar-refractivity contribution is 7.88. The van der Waals surface area contributed by atoms with Gasteiger partial charge in [-0.05, 0) is 25.0 Å². The number of fused-ring (bicyclic) bond motifs is 1. The molecule has 1 aliphatic heterocycles. The molecule has 0 aromatic carbocycles. The van der Waals surface area contributed by atoms with Crippen molar-refractivity contribution in [3.8, 4) is 0 Å². The van der Waals surface area contributed by atoms with Gasteiger partial charge in [-0.2, -0.15) is 0 Å². The molecule has 0 atom stereocenters. The van der Waals surface area contributed by atoms with Gasteiger partial charge >= 0.3 is 0 Å². The number of halogens is 1. The fraction of sp³-hybridized carbons (Fsp3) is 0.500. The van der Waals surface area contributed by atoms with Gasteiger partial charge in [-0.15, -0.1) is 0 Å². The van der Waals surface area contributed by atoms with Crippen LogP contribution in [0.25, 0.3) is 5.65 Å². The Morgan fingerprint density at radius 1 is 1.32 bits per heavy atom. The maximum absolute atomic E-state index is 11.3. The number of pyridine rings is 1. The first kappa shape index (κ1) is 15.7.